The first-order chi connectivity index (χ1) is 16.5. The number of halogens is 1. The van der Waals surface area contributed by atoms with Gasteiger partial charge in [-0.05, 0) is 57.0 Å². The van der Waals surface area contributed by atoms with E-state index in [1.807, 2.05) is 66.2 Å². The molecular weight excluding hydrogens is 464 g/mol. The molecule has 2 aromatic carbocycles. The fraction of sp³-hybridized carbons (Fsp3) is 0.286. The van der Waals surface area contributed by atoms with Crippen molar-refractivity contribution in [2.45, 2.75) is 45.4 Å². The van der Waals surface area contributed by atoms with Crippen LogP contribution in [0.5, 0.6) is 0 Å². The normalized spacial score (nSPS) is 13.7. The Hall–Kier alpha value is -3.35. The van der Waals surface area contributed by atoms with Gasteiger partial charge in [0, 0.05) is 29.2 Å². The Morgan fingerprint density at radius 3 is 2.23 bits per heavy atom. The summed E-state index contributed by atoms with van der Waals surface area (Å²) in [6.07, 6.45) is 0.533. The molecule has 0 aliphatic rings. The van der Waals surface area contributed by atoms with E-state index in [0.29, 0.717) is 21.5 Å². The van der Waals surface area contributed by atoms with E-state index in [1.54, 1.807) is 40.0 Å². The van der Waals surface area contributed by atoms with Gasteiger partial charge >= 0.3 is 5.97 Å². The summed E-state index contributed by atoms with van der Waals surface area (Å²) in [5, 5.41) is 11.4. The van der Waals surface area contributed by atoms with Crippen LogP contribution in [-0.4, -0.2) is 25.8 Å². The van der Waals surface area contributed by atoms with E-state index in [2.05, 4.69) is 0 Å². The van der Waals surface area contributed by atoms with E-state index in [9.17, 15) is 14.7 Å². The van der Waals surface area contributed by atoms with Gasteiger partial charge in [0.05, 0.1) is 17.3 Å². The predicted octanol–water partition coefficient (Wildman–Crippen LogP) is 6.21. The highest BCUT2D eigenvalue weighted by molar-refractivity contribution is 6.30. The predicted molar refractivity (Wildman–Crippen MR) is 139 cm³/mol. The molecule has 0 amide bonds. The number of carboxylic acid groups (broad SMARTS) is 1. The van der Waals surface area contributed by atoms with Gasteiger partial charge in [0.1, 0.15) is 5.52 Å². The fourth-order valence-electron chi connectivity index (χ4n) is 4.47. The maximum absolute atomic E-state index is 13.8. The van der Waals surface area contributed by atoms with Crippen LogP contribution in [-0.2, 0) is 16.6 Å². The summed E-state index contributed by atoms with van der Waals surface area (Å²) < 4.78 is 9.34. The number of pyridine rings is 1. The number of nitrogens with zero attached hydrogens (tertiary/aromatic N) is 2. The molecule has 6 nitrogen and oxygen atoms in total. The maximum atomic E-state index is 13.8. The van der Waals surface area contributed by atoms with E-state index in [0.717, 1.165) is 11.1 Å². The minimum atomic E-state index is -1.35. The Morgan fingerprint density at radius 2 is 1.66 bits per heavy atom. The lowest BCUT2D eigenvalue weighted by Gasteiger charge is -2.28. The number of rotatable bonds is 6. The molecule has 2 heterocycles. The van der Waals surface area contributed by atoms with E-state index in [-0.39, 0.29) is 17.3 Å². The molecule has 2 atom stereocenters. The molecule has 182 valence electrons. The third kappa shape index (κ3) is 4.77. The minimum absolute atomic E-state index is 0.105. The van der Waals surface area contributed by atoms with Crippen molar-refractivity contribution in [3.05, 3.63) is 93.5 Å². The van der Waals surface area contributed by atoms with Crippen LogP contribution < -0.4 is 5.56 Å². The van der Waals surface area contributed by atoms with Crippen molar-refractivity contribution < 1.29 is 14.6 Å². The number of hydrogen-bond acceptors (Lipinski definition) is 3. The fourth-order valence-corrected chi connectivity index (χ4v) is 4.59. The van der Waals surface area contributed by atoms with Crippen LogP contribution in [0.1, 0.15) is 51.1 Å². The van der Waals surface area contributed by atoms with Crippen LogP contribution in [0, 0.1) is 0 Å². The molecule has 7 heteroatoms. The average molecular weight is 493 g/mol. The molecule has 2 aromatic heterocycles. The number of hydrogen-bond donors (Lipinski definition) is 1. The van der Waals surface area contributed by atoms with Crippen molar-refractivity contribution in [3.63, 3.8) is 0 Å². The maximum Gasteiger partial charge on any atom is 0.339 e. The lowest BCUT2D eigenvalue weighted by Crippen LogP contribution is -2.33. The zero-order valence-corrected chi connectivity index (χ0v) is 21.2. The molecule has 0 fully saturated rings. The van der Waals surface area contributed by atoms with Crippen LogP contribution in [0.15, 0.2) is 71.7 Å². The number of carboxylic acids is 1. The first kappa shape index (κ1) is 24.8. The molecule has 0 radical (unpaired) electrons. The molecule has 0 bridgehead atoms. The van der Waals surface area contributed by atoms with Crippen LogP contribution >= 0.6 is 11.6 Å². The van der Waals surface area contributed by atoms with E-state index in [1.165, 1.54) is 4.57 Å². The number of fused-ring (bicyclic) bond motifs is 1. The van der Waals surface area contributed by atoms with Gasteiger partial charge in [-0.2, -0.15) is 0 Å². The largest absolute Gasteiger partial charge is 0.479 e. The Labute approximate surface area is 209 Å². The highest BCUT2D eigenvalue weighted by Crippen LogP contribution is 2.38. The van der Waals surface area contributed by atoms with E-state index >= 15 is 0 Å². The second kappa shape index (κ2) is 9.36. The smallest absolute Gasteiger partial charge is 0.339 e. The van der Waals surface area contributed by atoms with Gasteiger partial charge in [-0.15, -0.1) is 0 Å². The van der Waals surface area contributed by atoms with Gasteiger partial charge in [0.25, 0.3) is 5.56 Å². The molecule has 0 saturated heterocycles. The van der Waals surface area contributed by atoms with Crippen molar-refractivity contribution in [2.24, 2.45) is 7.05 Å². The first-order valence-corrected chi connectivity index (χ1v) is 11.8. The molecule has 0 aliphatic carbocycles. The highest BCUT2D eigenvalue weighted by Gasteiger charge is 2.33. The molecule has 0 spiro atoms. The molecule has 35 heavy (non-hydrogen) atoms. The molecule has 0 aliphatic heterocycles. The second-order valence-electron chi connectivity index (χ2n) is 9.65. The van der Waals surface area contributed by atoms with Gasteiger partial charge in [0.15, 0.2) is 6.10 Å². The number of carbonyl (C=O) groups is 1. The summed E-state index contributed by atoms with van der Waals surface area (Å²) in [5.41, 5.74) is 2.19. The van der Waals surface area contributed by atoms with Crippen molar-refractivity contribution in [1.82, 2.24) is 9.13 Å². The van der Waals surface area contributed by atoms with Crippen molar-refractivity contribution in [2.75, 3.05) is 0 Å². The van der Waals surface area contributed by atoms with Gasteiger partial charge in [-0.25, -0.2) is 4.79 Å². The summed E-state index contributed by atoms with van der Waals surface area (Å²) in [7, 11) is 1.60. The highest BCUT2D eigenvalue weighted by atomic mass is 35.5. The van der Waals surface area contributed by atoms with E-state index in [4.69, 9.17) is 16.3 Å². The molecule has 2 unspecified atom stereocenters. The zero-order valence-electron chi connectivity index (χ0n) is 20.4. The lowest BCUT2D eigenvalue weighted by molar-refractivity contribution is -0.161. The molecule has 0 saturated carbocycles. The topological polar surface area (TPSA) is 73.5 Å². The quantitative estimate of drug-likeness (QED) is 0.347. The third-order valence-corrected chi connectivity index (χ3v) is 6.34. The van der Waals surface area contributed by atoms with Crippen molar-refractivity contribution in [1.29, 1.82) is 0 Å². The second-order valence-corrected chi connectivity index (χ2v) is 10.1. The molecule has 4 aromatic rings. The average Bonchev–Trinajstić information content (AvgIpc) is 3.25. The number of aromatic nitrogens is 2. The number of ether oxygens (including phenoxy) is 1. The van der Waals surface area contributed by atoms with Crippen LogP contribution in [0.4, 0.5) is 0 Å². The van der Waals surface area contributed by atoms with Gasteiger partial charge in [0.2, 0.25) is 0 Å². The summed E-state index contributed by atoms with van der Waals surface area (Å²) in [4.78, 5) is 26.2. The van der Waals surface area contributed by atoms with Crippen LogP contribution in [0.25, 0.3) is 22.0 Å². The molecule has 4 rings (SSSR count). The number of benzene rings is 2. The molecular formula is C28H29ClN2O4. The number of aliphatic carboxylic acids is 1. The molecule has 1 N–H and O–H groups in total. The standard InChI is InChI=1S/C28H29ClN2O4/c1-17(18-9-7-6-8-10-18)31-16-15-21-22(19-11-13-20(29)14-12-19)24(30(5)26(32)23(21)31)25(27(33)34)35-28(2,3)4/h6-17,25H,1-5H3,(H,33,34). The van der Waals surface area contributed by atoms with Crippen molar-refractivity contribution >= 4 is 28.5 Å². The summed E-state index contributed by atoms with van der Waals surface area (Å²) in [6.45, 7) is 7.41. The Kier molecular flexibility index (Phi) is 6.62. The van der Waals surface area contributed by atoms with E-state index < -0.39 is 17.7 Å². The zero-order chi connectivity index (χ0) is 25.5. The summed E-state index contributed by atoms with van der Waals surface area (Å²) >= 11 is 6.15. The van der Waals surface area contributed by atoms with Gasteiger partial charge in [-0.3, -0.25) is 4.79 Å². The van der Waals surface area contributed by atoms with Crippen LogP contribution in [0.2, 0.25) is 5.02 Å². The SMILES string of the molecule is CC(c1ccccc1)n1ccc2c(-c3ccc(Cl)cc3)c(C(OC(C)(C)C)C(=O)O)n(C)c(=O)c21. The Bertz CT molecular complexity index is 1430. The van der Waals surface area contributed by atoms with Gasteiger partial charge < -0.3 is 19.0 Å². The van der Waals surface area contributed by atoms with Gasteiger partial charge in [-0.1, -0.05) is 54.1 Å². The Balaban J connectivity index is 2.08. The van der Waals surface area contributed by atoms with Crippen LogP contribution in [0.3, 0.4) is 0 Å². The third-order valence-electron chi connectivity index (χ3n) is 6.09. The Morgan fingerprint density at radius 1 is 1.03 bits per heavy atom. The first-order valence-electron chi connectivity index (χ1n) is 11.4. The van der Waals surface area contributed by atoms with Crippen molar-refractivity contribution in [3.8, 4) is 11.1 Å². The summed E-state index contributed by atoms with van der Waals surface area (Å²) in [5.74, 6) is -1.17. The minimum Gasteiger partial charge on any atom is -0.479 e. The monoisotopic (exact) mass is 492 g/mol. The summed E-state index contributed by atoms with van der Waals surface area (Å²) in [6, 6.07) is 18.9. The lowest BCUT2D eigenvalue weighted by atomic mass is 9.96.